The molecule has 1 aromatic heterocycles. The average Bonchev–Trinajstić information content (AvgIpc) is 2.95. The Morgan fingerprint density at radius 1 is 1.65 bits per heavy atom. The molecule has 1 saturated carbocycles. The molecule has 0 saturated heterocycles. The van der Waals surface area contributed by atoms with Crippen LogP contribution in [0.15, 0.2) is 15.9 Å². The summed E-state index contributed by atoms with van der Waals surface area (Å²) in [6.07, 6.45) is 4.12. The molecule has 3 N–H and O–H groups in total. The molecule has 2 rings (SSSR count). The summed E-state index contributed by atoms with van der Waals surface area (Å²) in [6, 6.07) is 4.01. The smallest absolute Gasteiger partial charge is 0.0950 e. The molecule has 0 aliphatic heterocycles. The fourth-order valence-electron chi connectivity index (χ4n) is 2.94. The SMILES string of the molecule is CCC1CCC(CN)(C(O)c2ccc(Br)s2)C1. The fourth-order valence-corrected chi connectivity index (χ4v) is 4.49. The van der Waals surface area contributed by atoms with Crippen LogP contribution < -0.4 is 5.73 Å². The lowest BCUT2D eigenvalue weighted by molar-refractivity contribution is 0.0329. The lowest BCUT2D eigenvalue weighted by Gasteiger charge is -2.32. The van der Waals surface area contributed by atoms with Crippen LogP contribution in [0.3, 0.4) is 0 Å². The molecule has 1 aromatic rings. The van der Waals surface area contributed by atoms with Crippen molar-refractivity contribution >= 4 is 27.3 Å². The van der Waals surface area contributed by atoms with Gasteiger partial charge in [-0.1, -0.05) is 13.3 Å². The number of hydrogen-bond donors (Lipinski definition) is 2. The Balaban J connectivity index is 2.18. The third-order valence-electron chi connectivity index (χ3n) is 4.17. The summed E-state index contributed by atoms with van der Waals surface area (Å²) in [6.45, 7) is 2.81. The van der Waals surface area contributed by atoms with Gasteiger partial charge in [0.15, 0.2) is 0 Å². The van der Waals surface area contributed by atoms with Crippen LogP contribution in [0.4, 0.5) is 0 Å². The van der Waals surface area contributed by atoms with Gasteiger partial charge in [0.1, 0.15) is 0 Å². The van der Waals surface area contributed by atoms with Crippen molar-refractivity contribution in [3.8, 4) is 0 Å². The third-order valence-corrected chi connectivity index (χ3v) is 5.85. The minimum atomic E-state index is -0.402. The molecule has 1 heterocycles. The summed E-state index contributed by atoms with van der Waals surface area (Å²) < 4.78 is 1.07. The molecule has 17 heavy (non-hydrogen) atoms. The van der Waals surface area contributed by atoms with Gasteiger partial charge in [0, 0.05) is 16.8 Å². The molecular weight excluding hydrogens is 298 g/mol. The summed E-state index contributed by atoms with van der Waals surface area (Å²) >= 11 is 5.07. The van der Waals surface area contributed by atoms with Gasteiger partial charge in [-0.2, -0.15) is 0 Å². The predicted octanol–water partition coefficient (Wildman–Crippen LogP) is 3.70. The van der Waals surface area contributed by atoms with Crippen LogP contribution in [-0.4, -0.2) is 11.7 Å². The second-order valence-electron chi connectivity index (χ2n) is 5.13. The molecular formula is C13H20BrNOS. The normalized spacial score (nSPS) is 30.7. The molecule has 2 nitrogen and oxygen atoms in total. The van der Waals surface area contributed by atoms with Crippen molar-refractivity contribution in [2.75, 3.05) is 6.54 Å². The Bertz CT molecular complexity index is 381. The standard InChI is InChI=1S/C13H20BrNOS/c1-2-9-5-6-13(7-9,8-15)12(16)10-3-4-11(14)17-10/h3-4,9,12,16H,2,5-8,15H2,1H3. The minimum Gasteiger partial charge on any atom is -0.387 e. The molecule has 4 heteroatoms. The molecule has 0 amide bonds. The first-order chi connectivity index (χ1) is 8.11. The molecule has 1 aliphatic rings. The highest BCUT2D eigenvalue weighted by Crippen LogP contribution is 2.51. The van der Waals surface area contributed by atoms with Crippen molar-refractivity contribution in [3.63, 3.8) is 0 Å². The average molecular weight is 318 g/mol. The van der Waals surface area contributed by atoms with E-state index >= 15 is 0 Å². The second-order valence-corrected chi connectivity index (χ2v) is 7.62. The van der Waals surface area contributed by atoms with Gasteiger partial charge < -0.3 is 10.8 Å². The van der Waals surface area contributed by atoms with Gasteiger partial charge in [0.25, 0.3) is 0 Å². The van der Waals surface area contributed by atoms with Crippen molar-refractivity contribution < 1.29 is 5.11 Å². The quantitative estimate of drug-likeness (QED) is 0.889. The van der Waals surface area contributed by atoms with Gasteiger partial charge in [0.05, 0.1) is 9.89 Å². The molecule has 0 spiro atoms. The number of thiophene rings is 1. The fraction of sp³-hybridized carbons (Fsp3) is 0.692. The monoisotopic (exact) mass is 317 g/mol. The summed E-state index contributed by atoms with van der Waals surface area (Å²) in [5.41, 5.74) is 5.87. The van der Waals surface area contributed by atoms with E-state index in [0.717, 1.165) is 27.4 Å². The Hall–Kier alpha value is 0.1000. The van der Waals surface area contributed by atoms with Crippen molar-refractivity contribution in [2.24, 2.45) is 17.1 Å². The number of hydrogen-bond acceptors (Lipinski definition) is 3. The van der Waals surface area contributed by atoms with Crippen LogP contribution in [-0.2, 0) is 0 Å². The largest absolute Gasteiger partial charge is 0.387 e. The van der Waals surface area contributed by atoms with E-state index in [1.165, 1.54) is 12.8 Å². The molecule has 0 radical (unpaired) electrons. The first-order valence-electron chi connectivity index (χ1n) is 6.24. The van der Waals surface area contributed by atoms with E-state index in [0.29, 0.717) is 6.54 Å². The van der Waals surface area contributed by atoms with Crippen LogP contribution in [0.5, 0.6) is 0 Å². The predicted molar refractivity (Wildman–Crippen MR) is 76.1 cm³/mol. The summed E-state index contributed by atoms with van der Waals surface area (Å²) in [5, 5.41) is 10.6. The van der Waals surface area contributed by atoms with Crippen molar-refractivity contribution in [1.82, 2.24) is 0 Å². The highest BCUT2D eigenvalue weighted by Gasteiger charge is 2.44. The number of rotatable bonds is 4. The Morgan fingerprint density at radius 3 is 2.88 bits per heavy atom. The van der Waals surface area contributed by atoms with E-state index in [2.05, 4.69) is 22.9 Å². The van der Waals surface area contributed by atoms with E-state index < -0.39 is 6.10 Å². The van der Waals surface area contributed by atoms with Gasteiger partial charge >= 0.3 is 0 Å². The van der Waals surface area contributed by atoms with Crippen LogP contribution in [0.25, 0.3) is 0 Å². The first-order valence-corrected chi connectivity index (χ1v) is 7.85. The minimum absolute atomic E-state index is 0.0923. The highest BCUT2D eigenvalue weighted by atomic mass is 79.9. The van der Waals surface area contributed by atoms with Gasteiger partial charge in [-0.15, -0.1) is 11.3 Å². The molecule has 1 fully saturated rings. The Labute approximate surface area is 115 Å². The second kappa shape index (κ2) is 5.39. The van der Waals surface area contributed by atoms with Crippen molar-refractivity contribution in [2.45, 2.75) is 38.7 Å². The molecule has 3 atom stereocenters. The molecule has 0 bridgehead atoms. The number of aliphatic hydroxyl groups is 1. The Kier molecular flexibility index (Phi) is 4.29. The molecule has 3 unspecified atom stereocenters. The van der Waals surface area contributed by atoms with Gasteiger partial charge in [-0.05, 0) is 53.2 Å². The number of nitrogens with two attached hydrogens (primary N) is 1. The lowest BCUT2D eigenvalue weighted by Crippen LogP contribution is -2.34. The molecule has 1 aliphatic carbocycles. The summed E-state index contributed by atoms with van der Waals surface area (Å²) in [5.74, 6) is 0.733. The van der Waals surface area contributed by atoms with Gasteiger partial charge in [-0.25, -0.2) is 0 Å². The van der Waals surface area contributed by atoms with Crippen LogP contribution >= 0.6 is 27.3 Å². The zero-order valence-electron chi connectivity index (χ0n) is 10.2. The molecule has 96 valence electrons. The third kappa shape index (κ3) is 2.60. The van der Waals surface area contributed by atoms with E-state index in [9.17, 15) is 5.11 Å². The maximum absolute atomic E-state index is 10.6. The van der Waals surface area contributed by atoms with E-state index in [-0.39, 0.29) is 5.41 Å². The van der Waals surface area contributed by atoms with Crippen LogP contribution in [0, 0.1) is 11.3 Å². The lowest BCUT2D eigenvalue weighted by atomic mass is 9.78. The van der Waals surface area contributed by atoms with Crippen LogP contribution in [0.2, 0.25) is 0 Å². The number of aliphatic hydroxyl groups excluding tert-OH is 1. The van der Waals surface area contributed by atoms with Crippen molar-refractivity contribution in [1.29, 1.82) is 0 Å². The van der Waals surface area contributed by atoms with E-state index in [1.807, 2.05) is 12.1 Å². The van der Waals surface area contributed by atoms with Crippen molar-refractivity contribution in [3.05, 3.63) is 20.8 Å². The zero-order valence-corrected chi connectivity index (χ0v) is 12.6. The zero-order chi connectivity index (χ0) is 12.5. The highest BCUT2D eigenvalue weighted by molar-refractivity contribution is 9.11. The van der Waals surface area contributed by atoms with Gasteiger partial charge in [-0.3, -0.25) is 0 Å². The van der Waals surface area contributed by atoms with Gasteiger partial charge in [0.2, 0.25) is 0 Å². The topological polar surface area (TPSA) is 46.2 Å². The Morgan fingerprint density at radius 2 is 2.41 bits per heavy atom. The summed E-state index contributed by atoms with van der Waals surface area (Å²) in [4.78, 5) is 1.04. The van der Waals surface area contributed by atoms with E-state index in [1.54, 1.807) is 11.3 Å². The molecule has 0 aromatic carbocycles. The summed E-state index contributed by atoms with van der Waals surface area (Å²) in [7, 11) is 0. The first kappa shape index (κ1) is 13.5. The van der Waals surface area contributed by atoms with E-state index in [4.69, 9.17) is 5.73 Å². The van der Waals surface area contributed by atoms with Crippen LogP contribution in [0.1, 0.15) is 43.6 Å². The maximum atomic E-state index is 10.6. The maximum Gasteiger partial charge on any atom is 0.0950 e. The number of halogens is 1.